The quantitative estimate of drug-likeness (QED) is 0.758. The highest BCUT2D eigenvalue weighted by Gasteiger charge is 2.24. The maximum atomic E-state index is 12.1. The number of aryl methyl sites for hydroxylation is 1. The molecule has 3 rings (SSSR count). The molecule has 0 atom stereocenters. The molecule has 8 nitrogen and oxygen atoms in total. The number of hydrogen-bond donors (Lipinski definition) is 2. The lowest BCUT2D eigenvalue weighted by Crippen LogP contribution is -2.49. The van der Waals surface area contributed by atoms with Crippen LogP contribution in [-0.2, 0) is 11.2 Å². The molecule has 0 aliphatic carbocycles. The Bertz CT molecular complexity index is 716. The zero-order valence-corrected chi connectivity index (χ0v) is 14.3. The van der Waals surface area contributed by atoms with Gasteiger partial charge in [0.1, 0.15) is 5.15 Å². The van der Waals surface area contributed by atoms with Gasteiger partial charge in [-0.05, 0) is 44.9 Å². The number of nitrogens with one attached hydrogen (secondary N) is 1. The van der Waals surface area contributed by atoms with Crippen molar-refractivity contribution < 1.29 is 9.82 Å². The first kappa shape index (κ1) is 17.1. The predicted octanol–water partition coefficient (Wildman–Crippen LogP) is 0.401. The van der Waals surface area contributed by atoms with Crippen LogP contribution in [0, 0.1) is 0 Å². The maximum absolute atomic E-state index is 12.1. The largest absolute Gasteiger partial charge is 0.437 e. The zero-order chi connectivity index (χ0) is 17.1. The molecule has 0 aromatic carbocycles. The first-order valence-corrected chi connectivity index (χ1v) is 8.49. The Morgan fingerprint density at radius 1 is 1.42 bits per heavy atom. The number of amides is 1. The second-order valence-electron chi connectivity index (χ2n) is 6.05. The van der Waals surface area contributed by atoms with Crippen LogP contribution in [0.15, 0.2) is 12.1 Å². The number of carbonyl (C=O) groups excluding carboxylic acids is 1. The molecular formula is C14H20BClN6O2. The van der Waals surface area contributed by atoms with Crippen molar-refractivity contribution in [3.05, 3.63) is 23.1 Å². The summed E-state index contributed by atoms with van der Waals surface area (Å²) >= 11 is 5.88. The van der Waals surface area contributed by atoms with Crippen molar-refractivity contribution in [2.24, 2.45) is 0 Å². The number of halogens is 1. The van der Waals surface area contributed by atoms with Crippen molar-refractivity contribution in [1.29, 1.82) is 0 Å². The number of fused-ring (bicyclic) bond motifs is 1. The molecule has 128 valence electrons. The van der Waals surface area contributed by atoms with Crippen LogP contribution in [0.1, 0.15) is 25.1 Å². The molecule has 1 fully saturated rings. The lowest BCUT2D eigenvalue weighted by atomic mass is 9.82. The normalized spacial score (nSPS) is 16.5. The van der Waals surface area contributed by atoms with Gasteiger partial charge in [0.15, 0.2) is 11.5 Å². The number of carbonyl (C=O) groups is 1. The minimum atomic E-state index is -0.429. The Kier molecular flexibility index (Phi) is 5.32. The summed E-state index contributed by atoms with van der Waals surface area (Å²) in [5, 5.41) is 25.2. The van der Waals surface area contributed by atoms with Crippen molar-refractivity contribution in [3.63, 3.8) is 0 Å². The van der Waals surface area contributed by atoms with Crippen molar-refractivity contribution >= 4 is 30.2 Å². The molecular weight excluding hydrogens is 330 g/mol. The fraction of sp³-hybridized carbons (Fsp3) is 0.571. The fourth-order valence-corrected chi connectivity index (χ4v) is 3.05. The zero-order valence-electron chi connectivity index (χ0n) is 13.5. The van der Waals surface area contributed by atoms with Gasteiger partial charge in [-0.15, -0.1) is 10.2 Å². The van der Waals surface area contributed by atoms with Crippen LogP contribution in [0.25, 0.3) is 5.65 Å². The lowest BCUT2D eigenvalue weighted by molar-refractivity contribution is -0.122. The highest BCUT2D eigenvalue weighted by molar-refractivity contribution is 6.45. The van der Waals surface area contributed by atoms with E-state index in [9.17, 15) is 9.82 Å². The van der Waals surface area contributed by atoms with E-state index in [1.165, 1.54) is 0 Å². The van der Waals surface area contributed by atoms with E-state index < -0.39 is 7.05 Å². The average Bonchev–Trinajstić information content (AvgIpc) is 2.95. The van der Waals surface area contributed by atoms with E-state index in [1.54, 1.807) is 23.5 Å². The minimum Gasteiger partial charge on any atom is -0.437 e. The van der Waals surface area contributed by atoms with Crippen LogP contribution in [-0.4, -0.2) is 61.7 Å². The molecule has 1 aliphatic rings. The molecule has 0 unspecified atom stereocenters. The molecule has 0 radical (unpaired) electrons. The summed E-state index contributed by atoms with van der Waals surface area (Å²) in [6.45, 7) is 3.35. The van der Waals surface area contributed by atoms with E-state index in [1.807, 2.05) is 4.81 Å². The highest BCUT2D eigenvalue weighted by Crippen LogP contribution is 2.12. The molecule has 2 aromatic heterocycles. The van der Waals surface area contributed by atoms with Gasteiger partial charge in [0.2, 0.25) is 5.91 Å². The monoisotopic (exact) mass is 350 g/mol. The van der Waals surface area contributed by atoms with E-state index in [0.29, 0.717) is 29.5 Å². The standard InChI is InChI=1S/C14H20BClN6O2/c1-15(24)21-8-6-10(7-9-21)17-14(23)5-4-13-19-18-12-3-2-11(16)20-22(12)13/h2-3,10,24H,4-9H2,1H3,(H,17,23). The number of piperidine rings is 1. The fourth-order valence-electron chi connectivity index (χ4n) is 2.91. The van der Waals surface area contributed by atoms with Crippen LogP contribution in [0.2, 0.25) is 12.0 Å². The van der Waals surface area contributed by atoms with Gasteiger partial charge in [-0.25, -0.2) is 0 Å². The Hall–Kier alpha value is -1.71. The van der Waals surface area contributed by atoms with E-state index >= 15 is 0 Å². The van der Waals surface area contributed by atoms with Crippen LogP contribution in [0.4, 0.5) is 0 Å². The van der Waals surface area contributed by atoms with Crippen LogP contribution < -0.4 is 5.32 Å². The second-order valence-corrected chi connectivity index (χ2v) is 6.44. The second kappa shape index (κ2) is 7.46. The summed E-state index contributed by atoms with van der Waals surface area (Å²) in [5.74, 6) is 0.607. The van der Waals surface area contributed by atoms with Crippen LogP contribution >= 0.6 is 11.6 Å². The molecule has 24 heavy (non-hydrogen) atoms. The molecule has 1 saturated heterocycles. The van der Waals surface area contributed by atoms with E-state index in [4.69, 9.17) is 11.6 Å². The molecule has 10 heteroatoms. The van der Waals surface area contributed by atoms with Gasteiger partial charge < -0.3 is 15.2 Å². The number of hydrogen-bond acceptors (Lipinski definition) is 6. The predicted molar refractivity (Wildman–Crippen MR) is 90.7 cm³/mol. The van der Waals surface area contributed by atoms with Crippen molar-refractivity contribution in [1.82, 2.24) is 29.9 Å². The van der Waals surface area contributed by atoms with Crippen molar-refractivity contribution in [2.45, 2.75) is 38.5 Å². The molecule has 3 heterocycles. The Balaban J connectivity index is 1.50. The average molecular weight is 351 g/mol. The smallest absolute Gasteiger partial charge is 0.376 e. The molecule has 2 aromatic rings. The summed E-state index contributed by atoms with van der Waals surface area (Å²) in [7, 11) is -0.429. The number of nitrogens with zero attached hydrogens (tertiary/aromatic N) is 5. The van der Waals surface area contributed by atoms with Gasteiger partial charge >= 0.3 is 7.05 Å². The highest BCUT2D eigenvalue weighted by atomic mass is 35.5. The van der Waals surface area contributed by atoms with Gasteiger partial charge in [0.05, 0.1) is 0 Å². The lowest BCUT2D eigenvalue weighted by Gasteiger charge is -2.32. The van der Waals surface area contributed by atoms with Crippen LogP contribution in [0.3, 0.4) is 0 Å². The SMILES string of the molecule is CB(O)N1CCC(NC(=O)CCc2nnc3ccc(Cl)nn23)CC1. The topological polar surface area (TPSA) is 95.7 Å². The van der Waals surface area contributed by atoms with Crippen molar-refractivity contribution in [2.75, 3.05) is 13.1 Å². The maximum Gasteiger partial charge on any atom is 0.376 e. The summed E-state index contributed by atoms with van der Waals surface area (Å²) in [5.41, 5.74) is 0.611. The summed E-state index contributed by atoms with van der Waals surface area (Å²) < 4.78 is 1.57. The first-order chi connectivity index (χ1) is 11.5. The molecule has 0 saturated carbocycles. The van der Waals surface area contributed by atoms with Gasteiger partial charge in [0, 0.05) is 18.9 Å². The van der Waals surface area contributed by atoms with Gasteiger partial charge in [-0.1, -0.05) is 11.6 Å². The van der Waals surface area contributed by atoms with Gasteiger partial charge in [-0.2, -0.15) is 9.61 Å². The molecule has 0 bridgehead atoms. The molecule has 1 amide bonds. The van der Waals surface area contributed by atoms with Gasteiger partial charge in [0.25, 0.3) is 0 Å². The van der Waals surface area contributed by atoms with Crippen molar-refractivity contribution in [3.8, 4) is 0 Å². The third kappa shape index (κ3) is 4.03. The third-order valence-electron chi connectivity index (χ3n) is 4.29. The van der Waals surface area contributed by atoms with E-state index in [0.717, 1.165) is 25.9 Å². The number of rotatable bonds is 5. The van der Waals surface area contributed by atoms with E-state index in [-0.39, 0.29) is 11.9 Å². The minimum absolute atomic E-state index is 0.00993. The first-order valence-electron chi connectivity index (χ1n) is 8.11. The summed E-state index contributed by atoms with van der Waals surface area (Å²) in [4.78, 5) is 14.1. The molecule has 1 aliphatic heterocycles. The van der Waals surface area contributed by atoms with Crippen LogP contribution in [0.5, 0.6) is 0 Å². The summed E-state index contributed by atoms with van der Waals surface area (Å²) in [6, 6.07) is 3.55. The molecule has 2 N–H and O–H groups in total. The van der Waals surface area contributed by atoms with Gasteiger partial charge in [-0.3, -0.25) is 4.79 Å². The Morgan fingerprint density at radius 2 is 2.17 bits per heavy atom. The van der Waals surface area contributed by atoms with E-state index in [2.05, 4.69) is 20.6 Å². The number of aromatic nitrogens is 4. The third-order valence-corrected chi connectivity index (χ3v) is 4.50. The Labute approximate surface area is 145 Å². The Morgan fingerprint density at radius 3 is 2.88 bits per heavy atom. The summed E-state index contributed by atoms with van der Waals surface area (Å²) in [6.07, 6.45) is 2.47. The molecule has 0 spiro atoms.